The SMILES string of the molecule is COc1cnn(CCN(C)C)c1C(=O)C1CC1. The van der Waals surface area contributed by atoms with Crippen LogP contribution < -0.4 is 4.74 Å². The largest absolute Gasteiger partial charge is 0.493 e. The van der Waals surface area contributed by atoms with Crippen molar-refractivity contribution in [2.75, 3.05) is 27.7 Å². The molecule has 0 bridgehead atoms. The molecule has 1 aromatic rings. The van der Waals surface area contributed by atoms with E-state index in [-0.39, 0.29) is 11.7 Å². The molecule has 0 amide bonds. The first-order valence-corrected chi connectivity index (χ1v) is 5.92. The molecule has 0 spiro atoms. The van der Waals surface area contributed by atoms with Crippen LogP contribution in [-0.4, -0.2) is 48.2 Å². The molecule has 1 heterocycles. The number of Topliss-reactive ketones (excluding diaryl/α,β-unsaturated/α-hetero) is 1. The number of rotatable bonds is 6. The van der Waals surface area contributed by atoms with Crippen molar-refractivity contribution in [2.45, 2.75) is 19.4 Å². The molecule has 0 aromatic carbocycles. The average molecular weight is 237 g/mol. The lowest BCUT2D eigenvalue weighted by atomic mass is 10.2. The van der Waals surface area contributed by atoms with Crippen LogP contribution in [0.25, 0.3) is 0 Å². The van der Waals surface area contributed by atoms with Gasteiger partial charge in [-0.25, -0.2) is 0 Å². The highest BCUT2D eigenvalue weighted by Gasteiger charge is 2.34. The maximum Gasteiger partial charge on any atom is 0.187 e. The minimum Gasteiger partial charge on any atom is -0.493 e. The standard InChI is InChI=1S/C12H19N3O2/c1-14(2)6-7-15-11(10(17-3)8-13-15)12(16)9-4-5-9/h8-9H,4-7H2,1-3H3. The molecule has 5 heteroatoms. The topological polar surface area (TPSA) is 47.4 Å². The predicted octanol–water partition coefficient (Wildman–Crippen LogP) is 1.05. The van der Waals surface area contributed by atoms with Gasteiger partial charge in [-0.15, -0.1) is 0 Å². The molecule has 2 rings (SSSR count). The third-order valence-corrected chi connectivity index (χ3v) is 2.97. The smallest absolute Gasteiger partial charge is 0.187 e. The Morgan fingerprint density at radius 3 is 2.82 bits per heavy atom. The Kier molecular flexibility index (Phi) is 3.47. The lowest BCUT2D eigenvalue weighted by Gasteiger charge is -2.11. The van der Waals surface area contributed by atoms with Gasteiger partial charge in [0, 0.05) is 12.5 Å². The predicted molar refractivity (Wildman–Crippen MR) is 64.4 cm³/mol. The van der Waals surface area contributed by atoms with E-state index in [0.717, 1.165) is 19.4 Å². The quantitative estimate of drug-likeness (QED) is 0.694. The van der Waals surface area contributed by atoms with Gasteiger partial charge in [0.2, 0.25) is 0 Å². The molecule has 1 aliphatic carbocycles. The number of hydrogen-bond donors (Lipinski definition) is 0. The van der Waals surface area contributed by atoms with Crippen LogP contribution in [0.3, 0.4) is 0 Å². The van der Waals surface area contributed by atoms with Crippen LogP contribution in [0.4, 0.5) is 0 Å². The highest BCUT2D eigenvalue weighted by molar-refractivity contribution is 6.00. The van der Waals surface area contributed by atoms with Gasteiger partial charge in [-0.1, -0.05) is 0 Å². The van der Waals surface area contributed by atoms with Crippen LogP contribution in [0.15, 0.2) is 6.20 Å². The Balaban J connectivity index is 2.19. The van der Waals surface area contributed by atoms with Gasteiger partial charge in [0.15, 0.2) is 11.5 Å². The molecule has 0 unspecified atom stereocenters. The van der Waals surface area contributed by atoms with Crippen molar-refractivity contribution >= 4 is 5.78 Å². The minimum atomic E-state index is 0.179. The second-order valence-electron chi connectivity index (χ2n) is 4.73. The van der Waals surface area contributed by atoms with Gasteiger partial charge in [-0.05, 0) is 26.9 Å². The molecule has 0 radical (unpaired) electrons. The molecule has 1 saturated carbocycles. The van der Waals surface area contributed by atoms with E-state index in [2.05, 4.69) is 10.00 Å². The second kappa shape index (κ2) is 4.87. The highest BCUT2D eigenvalue weighted by atomic mass is 16.5. The van der Waals surface area contributed by atoms with Crippen molar-refractivity contribution in [3.63, 3.8) is 0 Å². The van der Waals surface area contributed by atoms with E-state index in [9.17, 15) is 4.79 Å². The number of aromatic nitrogens is 2. The van der Waals surface area contributed by atoms with Crippen LogP contribution in [-0.2, 0) is 6.54 Å². The van der Waals surface area contributed by atoms with Crippen LogP contribution in [0.1, 0.15) is 23.3 Å². The summed E-state index contributed by atoms with van der Waals surface area (Å²) in [5.41, 5.74) is 0.636. The fourth-order valence-corrected chi connectivity index (χ4v) is 1.77. The van der Waals surface area contributed by atoms with Crippen molar-refractivity contribution in [3.05, 3.63) is 11.9 Å². The van der Waals surface area contributed by atoms with Crippen LogP contribution >= 0.6 is 0 Å². The fraction of sp³-hybridized carbons (Fsp3) is 0.667. The molecule has 1 fully saturated rings. The van der Waals surface area contributed by atoms with Gasteiger partial charge in [0.05, 0.1) is 19.9 Å². The first-order valence-electron chi connectivity index (χ1n) is 5.92. The van der Waals surface area contributed by atoms with Gasteiger partial charge >= 0.3 is 0 Å². The maximum atomic E-state index is 12.2. The number of ketones is 1. The molecule has 5 nitrogen and oxygen atoms in total. The molecule has 1 aromatic heterocycles. The Bertz CT molecular complexity index is 408. The van der Waals surface area contributed by atoms with Crippen molar-refractivity contribution in [1.29, 1.82) is 0 Å². The van der Waals surface area contributed by atoms with E-state index in [4.69, 9.17) is 4.74 Å². The first-order chi connectivity index (χ1) is 8.13. The van der Waals surface area contributed by atoms with Crippen LogP contribution in [0, 0.1) is 5.92 Å². The molecule has 0 atom stereocenters. The third kappa shape index (κ3) is 2.66. The lowest BCUT2D eigenvalue weighted by Crippen LogP contribution is -2.22. The summed E-state index contributed by atoms with van der Waals surface area (Å²) in [6, 6.07) is 0. The second-order valence-corrected chi connectivity index (χ2v) is 4.73. The van der Waals surface area contributed by atoms with E-state index >= 15 is 0 Å². The number of nitrogens with zero attached hydrogens (tertiary/aromatic N) is 3. The number of likely N-dealkylation sites (N-methyl/N-ethyl adjacent to an activating group) is 1. The van der Waals surface area contributed by atoms with E-state index in [1.807, 2.05) is 14.1 Å². The van der Waals surface area contributed by atoms with E-state index in [1.165, 1.54) is 0 Å². The van der Waals surface area contributed by atoms with Crippen molar-refractivity contribution in [1.82, 2.24) is 14.7 Å². The molecule has 0 aliphatic heterocycles. The van der Waals surface area contributed by atoms with Gasteiger partial charge in [-0.2, -0.15) is 5.10 Å². The lowest BCUT2D eigenvalue weighted by molar-refractivity contribution is 0.0953. The molecular weight excluding hydrogens is 218 g/mol. The maximum absolute atomic E-state index is 12.2. The zero-order valence-corrected chi connectivity index (χ0v) is 10.6. The van der Waals surface area contributed by atoms with Crippen molar-refractivity contribution in [3.8, 4) is 5.75 Å². The molecule has 1 aliphatic rings. The summed E-state index contributed by atoms with van der Waals surface area (Å²) in [5.74, 6) is 0.970. The van der Waals surface area contributed by atoms with Gasteiger partial charge < -0.3 is 9.64 Å². The molecule has 94 valence electrons. The van der Waals surface area contributed by atoms with Gasteiger partial charge in [0.25, 0.3) is 0 Å². The summed E-state index contributed by atoms with van der Waals surface area (Å²) in [6.45, 7) is 1.57. The summed E-state index contributed by atoms with van der Waals surface area (Å²) in [5, 5.41) is 4.23. The summed E-state index contributed by atoms with van der Waals surface area (Å²) >= 11 is 0. The Labute approximate surface area is 101 Å². The van der Waals surface area contributed by atoms with E-state index < -0.39 is 0 Å². The monoisotopic (exact) mass is 237 g/mol. The average Bonchev–Trinajstić information content (AvgIpc) is 3.05. The Hall–Kier alpha value is -1.36. The van der Waals surface area contributed by atoms with E-state index in [1.54, 1.807) is 18.0 Å². The van der Waals surface area contributed by atoms with E-state index in [0.29, 0.717) is 18.0 Å². The summed E-state index contributed by atoms with van der Waals surface area (Å²) in [7, 11) is 5.59. The fourth-order valence-electron chi connectivity index (χ4n) is 1.77. The van der Waals surface area contributed by atoms with Crippen molar-refractivity contribution in [2.24, 2.45) is 5.92 Å². The van der Waals surface area contributed by atoms with Crippen molar-refractivity contribution < 1.29 is 9.53 Å². The number of carbonyl (C=O) groups excluding carboxylic acids is 1. The highest BCUT2D eigenvalue weighted by Crippen LogP contribution is 2.35. The van der Waals surface area contributed by atoms with Gasteiger partial charge in [-0.3, -0.25) is 9.48 Å². The Morgan fingerprint density at radius 2 is 2.29 bits per heavy atom. The summed E-state index contributed by atoms with van der Waals surface area (Å²) in [4.78, 5) is 14.2. The number of methoxy groups -OCH3 is 1. The normalized spacial score (nSPS) is 15.3. The molecular formula is C12H19N3O2. The molecule has 0 N–H and O–H groups in total. The third-order valence-electron chi connectivity index (χ3n) is 2.97. The minimum absolute atomic E-state index is 0.179. The first kappa shape index (κ1) is 12.1. The Morgan fingerprint density at radius 1 is 1.59 bits per heavy atom. The summed E-state index contributed by atoms with van der Waals surface area (Å²) < 4.78 is 6.98. The van der Waals surface area contributed by atoms with Crippen LogP contribution in [0.5, 0.6) is 5.75 Å². The number of hydrogen-bond acceptors (Lipinski definition) is 4. The molecule has 0 saturated heterocycles. The zero-order valence-electron chi connectivity index (χ0n) is 10.6. The number of ether oxygens (including phenoxy) is 1. The zero-order chi connectivity index (χ0) is 12.4. The van der Waals surface area contributed by atoms with Gasteiger partial charge in [0.1, 0.15) is 5.69 Å². The molecule has 17 heavy (non-hydrogen) atoms. The summed E-state index contributed by atoms with van der Waals surface area (Å²) in [6.07, 6.45) is 3.63. The number of carbonyl (C=O) groups is 1. The van der Waals surface area contributed by atoms with Crippen LogP contribution in [0.2, 0.25) is 0 Å².